The van der Waals surface area contributed by atoms with Crippen molar-refractivity contribution in [3.63, 3.8) is 0 Å². The number of rotatable bonds is 3. The molecule has 19 heavy (non-hydrogen) atoms. The molecule has 4 nitrogen and oxygen atoms in total. The Bertz CT molecular complexity index is 723. The SMILES string of the molecule is [O-][n+]1onc2ccc(/C=C\Sc3ccccc3)cc21. The van der Waals surface area contributed by atoms with Crippen molar-refractivity contribution in [2.24, 2.45) is 0 Å². The van der Waals surface area contributed by atoms with E-state index in [1.807, 2.05) is 47.9 Å². The van der Waals surface area contributed by atoms with Crippen molar-refractivity contribution in [2.75, 3.05) is 0 Å². The zero-order chi connectivity index (χ0) is 13.1. The minimum absolute atomic E-state index is 0.414. The Labute approximate surface area is 113 Å². The third-order valence-corrected chi connectivity index (χ3v) is 3.43. The second kappa shape index (κ2) is 5.16. The van der Waals surface area contributed by atoms with Gasteiger partial charge in [0.1, 0.15) is 0 Å². The molecule has 94 valence electrons. The Morgan fingerprint density at radius 2 is 2.00 bits per heavy atom. The first-order valence-electron chi connectivity index (χ1n) is 5.71. The average Bonchev–Trinajstić information content (AvgIpc) is 2.82. The van der Waals surface area contributed by atoms with E-state index in [1.165, 1.54) is 4.90 Å². The fourth-order valence-electron chi connectivity index (χ4n) is 1.68. The summed E-state index contributed by atoms with van der Waals surface area (Å²) in [7, 11) is 0. The minimum atomic E-state index is 0.414. The predicted molar refractivity (Wildman–Crippen MR) is 74.3 cm³/mol. The molecule has 0 saturated heterocycles. The Morgan fingerprint density at radius 1 is 1.16 bits per heavy atom. The van der Waals surface area contributed by atoms with Gasteiger partial charge in [0.25, 0.3) is 0 Å². The standard InChI is InChI=1S/C14H10N2O2S/c17-16-14-10-11(6-7-13(14)15-18-16)8-9-19-12-4-2-1-3-5-12/h1-10H/b9-8-. The van der Waals surface area contributed by atoms with Crippen LogP contribution in [-0.4, -0.2) is 5.16 Å². The van der Waals surface area contributed by atoms with Crippen LogP contribution in [0.5, 0.6) is 0 Å². The minimum Gasteiger partial charge on any atom is -0.359 e. The van der Waals surface area contributed by atoms with Crippen LogP contribution in [0.1, 0.15) is 5.56 Å². The molecule has 0 unspecified atom stereocenters. The lowest BCUT2D eigenvalue weighted by Crippen LogP contribution is -2.22. The van der Waals surface area contributed by atoms with Gasteiger partial charge >= 0.3 is 0 Å². The van der Waals surface area contributed by atoms with Gasteiger partial charge in [0.15, 0.2) is 0 Å². The Kier molecular flexibility index (Phi) is 3.20. The maximum atomic E-state index is 11.3. The summed E-state index contributed by atoms with van der Waals surface area (Å²) in [6, 6.07) is 15.5. The van der Waals surface area contributed by atoms with Gasteiger partial charge in [0, 0.05) is 16.1 Å². The monoisotopic (exact) mass is 270 g/mol. The van der Waals surface area contributed by atoms with Crippen LogP contribution in [0.25, 0.3) is 17.1 Å². The van der Waals surface area contributed by atoms with Crippen LogP contribution in [-0.2, 0) is 0 Å². The summed E-state index contributed by atoms with van der Waals surface area (Å²) in [5, 5.41) is 16.9. The van der Waals surface area contributed by atoms with Crippen LogP contribution in [0.3, 0.4) is 0 Å². The molecule has 0 saturated carbocycles. The summed E-state index contributed by atoms with van der Waals surface area (Å²) in [5.74, 6) is 0. The van der Waals surface area contributed by atoms with Crippen molar-refractivity contribution in [3.05, 3.63) is 64.7 Å². The van der Waals surface area contributed by atoms with Gasteiger partial charge in [-0.05, 0) is 40.1 Å². The molecule has 0 atom stereocenters. The Morgan fingerprint density at radius 3 is 2.84 bits per heavy atom. The first-order chi connectivity index (χ1) is 9.33. The molecule has 0 aliphatic rings. The Balaban J connectivity index is 1.79. The van der Waals surface area contributed by atoms with Gasteiger partial charge in [-0.2, -0.15) is 0 Å². The van der Waals surface area contributed by atoms with E-state index in [9.17, 15) is 5.21 Å². The highest BCUT2D eigenvalue weighted by Gasteiger charge is 2.07. The summed E-state index contributed by atoms with van der Waals surface area (Å²) < 4.78 is 4.53. The van der Waals surface area contributed by atoms with E-state index in [4.69, 9.17) is 0 Å². The van der Waals surface area contributed by atoms with E-state index in [-0.39, 0.29) is 0 Å². The van der Waals surface area contributed by atoms with Gasteiger partial charge in [-0.1, -0.05) is 36.0 Å². The molecule has 0 spiro atoms. The third kappa shape index (κ3) is 2.61. The van der Waals surface area contributed by atoms with Gasteiger partial charge < -0.3 is 5.21 Å². The van der Waals surface area contributed by atoms with Crippen LogP contribution < -0.4 is 4.90 Å². The average molecular weight is 270 g/mol. The zero-order valence-electron chi connectivity index (χ0n) is 9.89. The first kappa shape index (κ1) is 11.8. The van der Waals surface area contributed by atoms with Gasteiger partial charge in [-0.3, -0.25) is 4.63 Å². The second-order valence-corrected chi connectivity index (χ2v) is 4.89. The van der Waals surface area contributed by atoms with E-state index in [0.717, 1.165) is 5.56 Å². The largest absolute Gasteiger partial charge is 0.359 e. The highest BCUT2D eigenvalue weighted by Crippen LogP contribution is 2.20. The molecule has 0 radical (unpaired) electrons. The Hall–Kier alpha value is -2.27. The van der Waals surface area contributed by atoms with Gasteiger partial charge in [-0.15, -0.1) is 0 Å². The predicted octanol–water partition coefficient (Wildman–Crippen LogP) is 3.22. The molecule has 3 aromatic rings. The molecule has 0 aliphatic heterocycles. The number of benzene rings is 2. The maximum Gasteiger partial charge on any atom is 0.248 e. The van der Waals surface area contributed by atoms with Crippen molar-refractivity contribution < 1.29 is 9.53 Å². The van der Waals surface area contributed by atoms with Crippen molar-refractivity contribution in [1.82, 2.24) is 5.16 Å². The molecule has 5 heteroatoms. The summed E-state index contributed by atoms with van der Waals surface area (Å²) >= 11 is 1.62. The van der Waals surface area contributed by atoms with Crippen LogP contribution in [0.15, 0.2) is 63.5 Å². The molecule has 0 bridgehead atoms. The topological polar surface area (TPSA) is 53.0 Å². The van der Waals surface area contributed by atoms with Crippen molar-refractivity contribution >= 4 is 28.9 Å². The number of hydrogen-bond donors (Lipinski definition) is 0. The third-order valence-electron chi connectivity index (χ3n) is 2.62. The highest BCUT2D eigenvalue weighted by atomic mass is 32.2. The molecule has 1 heterocycles. The van der Waals surface area contributed by atoms with Crippen molar-refractivity contribution in [2.45, 2.75) is 4.90 Å². The number of aromatic nitrogens is 2. The lowest BCUT2D eigenvalue weighted by atomic mass is 10.2. The van der Waals surface area contributed by atoms with Crippen LogP contribution in [0.4, 0.5) is 0 Å². The number of fused-ring (bicyclic) bond motifs is 1. The fourth-order valence-corrected chi connectivity index (χ4v) is 2.38. The molecule has 0 fully saturated rings. The smallest absolute Gasteiger partial charge is 0.248 e. The zero-order valence-corrected chi connectivity index (χ0v) is 10.7. The molecule has 0 aliphatic carbocycles. The van der Waals surface area contributed by atoms with E-state index in [1.54, 1.807) is 23.9 Å². The normalized spacial score (nSPS) is 11.4. The van der Waals surface area contributed by atoms with Crippen LogP contribution in [0.2, 0.25) is 0 Å². The van der Waals surface area contributed by atoms with Gasteiger partial charge in [0.05, 0.1) is 0 Å². The summed E-state index contributed by atoms with van der Waals surface area (Å²) in [6.45, 7) is 0. The van der Waals surface area contributed by atoms with E-state index >= 15 is 0 Å². The highest BCUT2D eigenvalue weighted by molar-refractivity contribution is 8.02. The maximum absolute atomic E-state index is 11.3. The van der Waals surface area contributed by atoms with Crippen molar-refractivity contribution in [3.8, 4) is 0 Å². The molecule has 1 aromatic heterocycles. The fraction of sp³-hybridized carbons (Fsp3) is 0. The molecule has 0 N–H and O–H groups in total. The molecule has 0 amide bonds. The van der Waals surface area contributed by atoms with Crippen LogP contribution >= 0.6 is 11.8 Å². The lowest BCUT2D eigenvalue weighted by Gasteiger charge is -1.94. The van der Waals surface area contributed by atoms with Crippen molar-refractivity contribution in [1.29, 1.82) is 0 Å². The summed E-state index contributed by atoms with van der Waals surface area (Å²) in [5.41, 5.74) is 1.93. The van der Waals surface area contributed by atoms with E-state index in [0.29, 0.717) is 15.9 Å². The molecule has 2 aromatic carbocycles. The lowest BCUT2D eigenvalue weighted by molar-refractivity contribution is -0.782. The van der Waals surface area contributed by atoms with Gasteiger partial charge in [0.2, 0.25) is 11.0 Å². The van der Waals surface area contributed by atoms with E-state index in [2.05, 4.69) is 9.79 Å². The number of thioether (sulfide) groups is 1. The van der Waals surface area contributed by atoms with Crippen LogP contribution in [0, 0.1) is 5.21 Å². The second-order valence-electron chi connectivity index (χ2n) is 3.91. The number of nitrogens with zero attached hydrogens (tertiary/aromatic N) is 2. The van der Waals surface area contributed by atoms with E-state index < -0.39 is 0 Å². The molecule has 3 rings (SSSR count). The number of hydrogen-bond acceptors (Lipinski definition) is 4. The molecular weight excluding hydrogens is 260 g/mol. The summed E-state index contributed by atoms with van der Waals surface area (Å²) in [6.07, 6.45) is 1.95. The molecular formula is C14H10N2O2S. The van der Waals surface area contributed by atoms with Gasteiger partial charge in [-0.25, -0.2) is 0 Å². The summed E-state index contributed by atoms with van der Waals surface area (Å²) in [4.78, 5) is 1.58. The first-order valence-corrected chi connectivity index (χ1v) is 6.59. The quantitative estimate of drug-likeness (QED) is 0.541.